The van der Waals surface area contributed by atoms with Crippen molar-refractivity contribution in [3.63, 3.8) is 0 Å². The van der Waals surface area contributed by atoms with Gasteiger partial charge in [-0.15, -0.1) is 6.42 Å². The molecule has 0 aromatic carbocycles. The summed E-state index contributed by atoms with van der Waals surface area (Å²) in [4.78, 5) is 0. The number of ether oxygens (including phenoxy) is 4. The van der Waals surface area contributed by atoms with Gasteiger partial charge in [-0.2, -0.15) is 0 Å². The lowest BCUT2D eigenvalue weighted by Gasteiger charge is -2.24. The maximum absolute atomic E-state index is 5.41. The molecule has 0 aromatic heterocycles. The van der Waals surface area contributed by atoms with Crippen LogP contribution in [-0.4, -0.2) is 52.4 Å². The highest BCUT2D eigenvalue weighted by Gasteiger charge is 2.52. The molecule has 0 bridgehead atoms. The Hall–Kier alpha value is -0.600. The molecule has 1 aliphatic heterocycles. The number of epoxide rings is 1. The van der Waals surface area contributed by atoms with Gasteiger partial charge in [0, 0.05) is 27.8 Å². The van der Waals surface area contributed by atoms with E-state index in [1.807, 2.05) is 0 Å². The molecular weight excluding hydrogens is 196 g/mol. The first-order valence-electron chi connectivity index (χ1n) is 4.87. The third-order valence-corrected chi connectivity index (χ3v) is 2.67. The third kappa shape index (κ3) is 2.93. The molecule has 1 rings (SSSR count). The summed E-state index contributed by atoms with van der Waals surface area (Å²) in [6.07, 6.45) is 5.61. The van der Waals surface area contributed by atoms with Gasteiger partial charge in [0.25, 0.3) is 0 Å². The van der Waals surface area contributed by atoms with Crippen LogP contribution in [-0.2, 0) is 18.9 Å². The molecule has 1 heterocycles. The minimum Gasteiger partial charge on any atom is -0.381 e. The van der Waals surface area contributed by atoms with Crippen LogP contribution < -0.4 is 0 Å². The second-order valence-corrected chi connectivity index (χ2v) is 3.64. The predicted molar refractivity (Wildman–Crippen MR) is 55.6 cm³/mol. The van der Waals surface area contributed by atoms with Crippen LogP contribution in [0.2, 0.25) is 0 Å². The van der Waals surface area contributed by atoms with Crippen LogP contribution >= 0.6 is 0 Å². The highest BCUT2D eigenvalue weighted by molar-refractivity contribution is 5.04. The largest absolute Gasteiger partial charge is 0.381 e. The molecule has 4 nitrogen and oxygen atoms in total. The summed E-state index contributed by atoms with van der Waals surface area (Å²) in [5, 5.41) is 0. The van der Waals surface area contributed by atoms with Crippen molar-refractivity contribution in [3.05, 3.63) is 0 Å². The van der Waals surface area contributed by atoms with Crippen molar-refractivity contribution in [2.24, 2.45) is 0 Å². The average Bonchev–Trinajstić information content (AvgIpc) is 3.01. The number of hydrogen-bond acceptors (Lipinski definition) is 4. The molecule has 0 spiro atoms. The molecule has 1 unspecified atom stereocenters. The average molecular weight is 214 g/mol. The SMILES string of the molecule is C#CC(C[C@H](OC)[C@]1(COC)CO1)OC. The van der Waals surface area contributed by atoms with E-state index in [4.69, 9.17) is 25.4 Å². The highest BCUT2D eigenvalue weighted by Crippen LogP contribution is 2.35. The van der Waals surface area contributed by atoms with E-state index in [2.05, 4.69) is 5.92 Å². The lowest BCUT2D eigenvalue weighted by atomic mass is 9.98. The minimum atomic E-state index is -0.322. The van der Waals surface area contributed by atoms with E-state index in [1.54, 1.807) is 21.3 Å². The van der Waals surface area contributed by atoms with Crippen LogP contribution in [0.4, 0.5) is 0 Å². The molecule has 0 aromatic rings. The van der Waals surface area contributed by atoms with Crippen molar-refractivity contribution in [1.82, 2.24) is 0 Å². The van der Waals surface area contributed by atoms with Crippen molar-refractivity contribution in [1.29, 1.82) is 0 Å². The maximum atomic E-state index is 5.41. The van der Waals surface area contributed by atoms with Gasteiger partial charge in [-0.1, -0.05) is 5.92 Å². The zero-order chi connectivity index (χ0) is 11.3. The van der Waals surface area contributed by atoms with Gasteiger partial charge in [0.05, 0.1) is 19.3 Å². The highest BCUT2D eigenvalue weighted by atomic mass is 16.6. The Morgan fingerprint density at radius 2 is 2.07 bits per heavy atom. The van der Waals surface area contributed by atoms with Crippen LogP contribution in [0.3, 0.4) is 0 Å². The summed E-state index contributed by atoms with van der Waals surface area (Å²) in [6, 6.07) is 0. The number of methoxy groups -OCH3 is 3. The number of rotatable bonds is 7. The summed E-state index contributed by atoms with van der Waals surface area (Å²) in [5.74, 6) is 2.56. The molecule has 0 radical (unpaired) electrons. The summed E-state index contributed by atoms with van der Waals surface area (Å²) in [7, 11) is 4.88. The van der Waals surface area contributed by atoms with Gasteiger partial charge in [0.15, 0.2) is 0 Å². The molecule has 86 valence electrons. The van der Waals surface area contributed by atoms with Crippen molar-refractivity contribution in [2.75, 3.05) is 34.5 Å². The quantitative estimate of drug-likeness (QED) is 0.456. The van der Waals surface area contributed by atoms with Crippen LogP contribution in [0.5, 0.6) is 0 Å². The second kappa shape index (κ2) is 5.47. The molecular formula is C11H18O4. The van der Waals surface area contributed by atoms with Gasteiger partial charge < -0.3 is 18.9 Å². The van der Waals surface area contributed by atoms with Gasteiger partial charge in [0.2, 0.25) is 0 Å². The number of hydrogen-bond donors (Lipinski definition) is 0. The van der Waals surface area contributed by atoms with E-state index < -0.39 is 0 Å². The van der Waals surface area contributed by atoms with E-state index >= 15 is 0 Å². The smallest absolute Gasteiger partial charge is 0.141 e. The third-order valence-electron chi connectivity index (χ3n) is 2.67. The van der Waals surface area contributed by atoms with E-state index in [9.17, 15) is 0 Å². The van der Waals surface area contributed by atoms with Gasteiger partial charge in [0.1, 0.15) is 11.7 Å². The Balaban J connectivity index is 2.52. The summed E-state index contributed by atoms with van der Waals surface area (Å²) in [5.41, 5.74) is -0.322. The molecule has 0 amide bonds. The molecule has 0 aliphatic carbocycles. The summed E-state index contributed by atoms with van der Waals surface area (Å²) < 4.78 is 21.0. The van der Waals surface area contributed by atoms with E-state index in [0.29, 0.717) is 19.6 Å². The first-order valence-corrected chi connectivity index (χ1v) is 4.87. The second-order valence-electron chi connectivity index (χ2n) is 3.64. The minimum absolute atomic E-state index is 0.0848. The molecule has 15 heavy (non-hydrogen) atoms. The molecule has 1 fully saturated rings. The monoisotopic (exact) mass is 214 g/mol. The Morgan fingerprint density at radius 1 is 1.40 bits per heavy atom. The Morgan fingerprint density at radius 3 is 2.40 bits per heavy atom. The zero-order valence-electron chi connectivity index (χ0n) is 9.49. The van der Waals surface area contributed by atoms with E-state index in [-0.39, 0.29) is 17.8 Å². The summed E-state index contributed by atoms with van der Waals surface area (Å²) in [6.45, 7) is 1.17. The molecule has 1 saturated heterocycles. The van der Waals surface area contributed by atoms with Gasteiger partial charge >= 0.3 is 0 Å². The fourth-order valence-corrected chi connectivity index (χ4v) is 1.65. The Labute approximate surface area is 90.8 Å². The topological polar surface area (TPSA) is 40.2 Å². The number of terminal acetylenes is 1. The lowest BCUT2D eigenvalue weighted by Crippen LogP contribution is -2.38. The molecule has 4 heteroatoms. The first-order chi connectivity index (χ1) is 7.22. The van der Waals surface area contributed by atoms with Crippen molar-refractivity contribution in [2.45, 2.75) is 24.2 Å². The fraction of sp³-hybridized carbons (Fsp3) is 0.818. The molecule has 0 N–H and O–H groups in total. The molecule has 0 saturated carbocycles. The van der Waals surface area contributed by atoms with Crippen molar-refractivity contribution in [3.8, 4) is 12.3 Å². The van der Waals surface area contributed by atoms with Crippen molar-refractivity contribution < 1.29 is 18.9 Å². The van der Waals surface area contributed by atoms with E-state index in [0.717, 1.165) is 0 Å². The fourth-order valence-electron chi connectivity index (χ4n) is 1.65. The maximum Gasteiger partial charge on any atom is 0.141 e. The standard InChI is InChI=1S/C11H18O4/c1-5-9(13-3)6-10(14-4)11(7-12-2)8-15-11/h1,9-10H,6-8H2,2-4H3/t9?,10-,11-/m0/s1. The summed E-state index contributed by atoms with van der Waals surface area (Å²) >= 11 is 0. The normalized spacial score (nSPS) is 28.1. The Bertz CT molecular complexity index is 229. The van der Waals surface area contributed by atoms with Crippen molar-refractivity contribution >= 4 is 0 Å². The van der Waals surface area contributed by atoms with Gasteiger partial charge in [-0.3, -0.25) is 0 Å². The van der Waals surface area contributed by atoms with Crippen LogP contribution in [0.1, 0.15) is 6.42 Å². The first kappa shape index (κ1) is 12.5. The predicted octanol–water partition coefficient (Wildman–Crippen LogP) is 0.455. The van der Waals surface area contributed by atoms with Gasteiger partial charge in [-0.25, -0.2) is 0 Å². The zero-order valence-corrected chi connectivity index (χ0v) is 9.49. The lowest BCUT2D eigenvalue weighted by molar-refractivity contribution is -0.0304. The molecule has 3 atom stereocenters. The molecule has 1 aliphatic rings. The van der Waals surface area contributed by atoms with Crippen LogP contribution in [0.15, 0.2) is 0 Å². The Kier molecular flexibility index (Phi) is 4.55. The van der Waals surface area contributed by atoms with E-state index in [1.165, 1.54) is 0 Å². The van der Waals surface area contributed by atoms with Crippen LogP contribution in [0, 0.1) is 12.3 Å². The van der Waals surface area contributed by atoms with Crippen LogP contribution in [0.25, 0.3) is 0 Å². The van der Waals surface area contributed by atoms with Gasteiger partial charge in [-0.05, 0) is 0 Å².